The summed E-state index contributed by atoms with van der Waals surface area (Å²) in [6, 6.07) is 7.87. The third kappa shape index (κ3) is 8.04. The predicted molar refractivity (Wildman–Crippen MR) is 132 cm³/mol. The summed E-state index contributed by atoms with van der Waals surface area (Å²) >= 11 is 0. The van der Waals surface area contributed by atoms with Gasteiger partial charge in [-0.3, -0.25) is 0 Å². The molecule has 0 amide bonds. The smallest absolute Gasteiger partial charge is 0.617 e. The third-order valence-corrected chi connectivity index (χ3v) is 6.92. The fraction of sp³-hybridized carbons (Fsp3) is 0.393. The van der Waals surface area contributed by atoms with E-state index in [-0.39, 0.29) is 21.7 Å². The molecule has 0 spiro atoms. The van der Waals surface area contributed by atoms with Gasteiger partial charge in [0.1, 0.15) is 0 Å². The summed E-state index contributed by atoms with van der Waals surface area (Å²) in [4.78, 5) is 0. The Labute approximate surface area is 209 Å². The Morgan fingerprint density at radius 1 is 0.484 bits per heavy atom. The standard InChI is InChI=1S/2C10H15.C8H9N2.Ti/c2*1-6-7(2)9(4)10(5)8(6)3;1-7-2-4-8(5-3-7)6-10-9;/h2*1-5H3;2-6,9H,1H3;/q;;-1;+2/b;;10-6+;. The Kier molecular flexibility index (Phi) is 13.6. The molecule has 31 heavy (non-hydrogen) atoms. The number of aryl methyl sites for hydroxylation is 1. The van der Waals surface area contributed by atoms with E-state index in [1.54, 1.807) is 0 Å². The van der Waals surface area contributed by atoms with Crippen molar-refractivity contribution in [3.63, 3.8) is 0 Å². The first-order chi connectivity index (χ1) is 13.9. The number of hydrogen-bond acceptors (Lipinski definition) is 1. The van der Waals surface area contributed by atoms with Crippen LogP contribution in [0.5, 0.6) is 0 Å². The summed E-state index contributed by atoms with van der Waals surface area (Å²) in [7, 11) is 0. The van der Waals surface area contributed by atoms with Crippen molar-refractivity contribution < 1.29 is 21.7 Å². The predicted octanol–water partition coefficient (Wildman–Crippen LogP) is 8.32. The minimum Gasteiger partial charge on any atom is -0.617 e. The van der Waals surface area contributed by atoms with Gasteiger partial charge in [-0.2, -0.15) is 0 Å². The minimum absolute atomic E-state index is 0. The normalized spacial score (nSPS) is 21.8. The Balaban J connectivity index is 0.000000429. The molecule has 10 radical (unpaired) electrons. The Bertz CT molecular complexity index is 521. The molecule has 3 rings (SSSR count). The van der Waals surface area contributed by atoms with Gasteiger partial charge < -0.3 is 10.9 Å². The number of nitrogens with one attached hydrogen (secondary N) is 1. The second-order valence-electron chi connectivity index (χ2n) is 8.42. The van der Waals surface area contributed by atoms with Crippen molar-refractivity contribution in [3.05, 3.63) is 100 Å². The van der Waals surface area contributed by atoms with E-state index in [2.05, 4.69) is 74.3 Å². The first-order valence-electron chi connectivity index (χ1n) is 10.6. The van der Waals surface area contributed by atoms with Crippen molar-refractivity contribution in [1.82, 2.24) is 0 Å². The summed E-state index contributed by atoms with van der Waals surface area (Å²) in [6.45, 7) is 24.0. The van der Waals surface area contributed by atoms with E-state index in [1.165, 1.54) is 71.0 Å². The maximum Gasteiger partial charge on any atom is 2.00 e. The summed E-state index contributed by atoms with van der Waals surface area (Å²) in [5, 5.41) is 3.16. The molecule has 1 aromatic rings. The molecule has 0 unspecified atom stereocenters. The third-order valence-electron chi connectivity index (χ3n) is 6.92. The maximum atomic E-state index is 6.56. The Hall–Kier alpha value is -0.596. The van der Waals surface area contributed by atoms with Crippen molar-refractivity contribution in [2.75, 3.05) is 0 Å². The number of benzene rings is 1. The first kappa shape index (κ1) is 30.4. The minimum atomic E-state index is 0. The molecule has 2 aliphatic rings. The molecule has 2 nitrogen and oxygen atoms in total. The molecule has 3 heteroatoms. The van der Waals surface area contributed by atoms with Crippen LogP contribution in [-0.2, 0) is 21.7 Å². The van der Waals surface area contributed by atoms with Crippen molar-refractivity contribution in [1.29, 1.82) is 0 Å². The summed E-state index contributed by atoms with van der Waals surface area (Å²) in [6.07, 6.45) is 1.51. The van der Waals surface area contributed by atoms with Crippen LogP contribution in [0.2, 0.25) is 0 Å². The van der Waals surface area contributed by atoms with E-state index in [4.69, 9.17) is 5.84 Å². The molecule has 0 bridgehead atoms. The summed E-state index contributed by atoms with van der Waals surface area (Å²) in [5.74, 6) is 21.2. The van der Waals surface area contributed by atoms with Crippen LogP contribution >= 0.6 is 0 Å². The van der Waals surface area contributed by atoms with E-state index in [0.717, 1.165) is 5.56 Å². The van der Waals surface area contributed by atoms with Crippen molar-refractivity contribution in [3.8, 4) is 0 Å². The molecule has 2 aliphatic carbocycles. The van der Waals surface area contributed by atoms with Crippen molar-refractivity contribution >= 4 is 6.21 Å². The molecule has 164 valence electrons. The fourth-order valence-electron chi connectivity index (χ4n) is 3.54. The van der Waals surface area contributed by atoms with Crippen LogP contribution in [-0.4, -0.2) is 6.21 Å². The summed E-state index contributed by atoms with van der Waals surface area (Å²) in [5.41, 5.74) is 2.20. The molecule has 0 aromatic heterocycles. The van der Waals surface area contributed by atoms with Gasteiger partial charge in [-0.15, -0.1) is 0 Å². The molecule has 0 saturated heterocycles. The second kappa shape index (κ2) is 13.8. The maximum absolute atomic E-state index is 6.56. The molecule has 2 saturated carbocycles. The Morgan fingerprint density at radius 3 is 0.903 bits per heavy atom. The second-order valence-corrected chi connectivity index (χ2v) is 8.42. The monoisotopic (exact) mass is 451 g/mol. The van der Waals surface area contributed by atoms with Gasteiger partial charge in [-0.1, -0.05) is 99.1 Å². The zero-order valence-corrected chi connectivity index (χ0v) is 22.9. The van der Waals surface area contributed by atoms with Crippen LogP contribution < -0.4 is 0 Å². The van der Waals surface area contributed by atoms with Crippen LogP contribution in [0, 0.1) is 66.1 Å². The zero-order chi connectivity index (χ0) is 23.2. The van der Waals surface area contributed by atoms with Crippen molar-refractivity contribution in [2.45, 2.75) is 76.2 Å². The van der Waals surface area contributed by atoms with Gasteiger partial charge >= 0.3 is 21.7 Å². The van der Waals surface area contributed by atoms with Gasteiger partial charge in [0.05, 0.1) is 0 Å². The van der Waals surface area contributed by atoms with Crippen LogP contribution in [0.25, 0.3) is 5.84 Å². The molecular formula is C28H39N2Ti+. The molecular weight excluding hydrogens is 412 g/mol. The van der Waals surface area contributed by atoms with E-state index in [9.17, 15) is 0 Å². The quantitative estimate of drug-likeness (QED) is 0.234. The van der Waals surface area contributed by atoms with Gasteiger partial charge in [0.15, 0.2) is 0 Å². The number of nitrogens with zero attached hydrogens (tertiary/aromatic N) is 1. The average Bonchev–Trinajstić information content (AvgIpc) is 3.01. The van der Waals surface area contributed by atoms with Crippen LogP contribution in [0.15, 0.2) is 29.4 Å². The first-order valence-corrected chi connectivity index (χ1v) is 10.6. The molecule has 0 atom stereocenters. The van der Waals surface area contributed by atoms with Gasteiger partial charge in [-0.05, 0) is 71.7 Å². The zero-order valence-electron chi connectivity index (χ0n) is 21.3. The van der Waals surface area contributed by atoms with Crippen molar-refractivity contribution in [2.24, 2.45) is 5.10 Å². The molecule has 2 fully saturated rings. The fourth-order valence-corrected chi connectivity index (χ4v) is 3.54. The molecule has 1 N–H and O–H groups in total. The van der Waals surface area contributed by atoms with Crippen LogP contribution in [0.4, 0.5) is 0 Å². The topological polar surface area (TPSA) is 36.2 Å². The summed E-state index contributed by atoms with van der Waals surface area (Å²) < 4.78 is 0. The average molecular weight is 452 g/mol. The van der Waals surface area contributed by atoms with Gasteiger partial charge in [0, 0.05) is 6.21 Å². The number of hydrogen-bond donors (Lipinski definition) is 0. The van der Waals surface area contributed by atoms with Crippen LogP contribution in [0.1, 0.15) is 80.4 Å². The Morgan fingerprint density at radius 2 is 0.710 bits per heavy atom. The van der Waals surface area contributed by atoms with Crippen LogP contribution in [0.3, 0.4) is 0 Å². The molecule has 0 aliphatic heterocycles. The number of rotatable bonds is 1. The SMILES string of the molecule is C[C]1[C](C)[C](C)[C](C)[C]1C.C[C]1[C](C)[C](C)[C](C)[C]1C.Cc1ccc(/C=N/[NH-])cc1.[Ti+2]. The molecule has 0 heterocycles. The van der Waals surface area contributed by atoms with E-state index in [1.807, 2.05) is 31.2 Å². The largest absolute Gasteiger partial charge is 2.00 e. The van der Waals surface area contributed by atoms with E-state index in [0.29, 0.717) is 0 Å². The van der Waals surface area contributed by atoms with E-state index < -0.39 is 0 Å². The van der Waals surface area contributed by atoms with Gasteiger partial charge in [0.25, 0.3) is 0 Å². The van der Waals surface area contributed by atoms with Gasteiger partial charge in [0.2, 0.25) is 0 Å². The van der Waals surface area contributed by atoms with Gasteiger partial charge in [-0.25, -0.2) is 0 Å². The van der Waals surface area contributed by atoms with E-state index >= 15 is 0 Å². The molecule has 1 aromatic carbocycles.